The summed E-state index contributed by atoms with van der Waals surface area (Å²) in [5.41, 5.74) is 0.923. The monoisotopic (exact) mass is 407 g/mol. The second-order valence-corrected chi connectivity index (χ2v) is 6.03. The third-order valence-corrected chi connectivity index (χ3v) is 3.93. The first-order valence-corrected chi connectivity index (χ1v) is 8.24. The second kappa shape index (κ2) is 8.04. The quantitative estimate of drug-likeness (QED) is 0.470. The Balaban J connectivity index is 1.85. The average Bonchev–Trinajstić information content (AvgIpc) is 3.25. The van der Waals surface area contributed by atoms with Crippen LogP contribution in [0.15, 0.2) is 35.0 Å². The molecule has 1 N–H and O–H groups in total. The molecule has 0 aliphatic rings. The van der Waals surface area contributed by atoms with Gasteiger partial charge in [0.15, 0.2) is 5.69 Å². The number of carbonyl (C=O) groups excluding carboxylic acids is 1. The van der Waals surface area contributed by atoms with E-state index in [9.17, 15) is 23.7 Å². The van der Waals surface area contributed by atoms with Gasteiger partial charge in [-0.2, -0.15) is 13.5 Å². The molecule has 0 bridgehead atoms. The molecule has 12 heteroatoms. The number of hydrogen-bond donors (Lipinski definition) is 1. The molecule has 2 heterocycles. The van der Waals surface area contributed by atoms with Crippen LogP contribution in [-0.4, -0.2) is 32.4 Å². The minimum atomic E-state index is -3.06. The number of halogens is 2. The first kappa shape index (κ1) is 19.9. The summed E-state index contributed by atoms with van der Waals surface area (Å²) in [6, 6.07) is 5.61. The van der Waals surface area contributed by atoms with Crippen LogP contribution in [0.25, 0.3) is 0 Å². The molecule has 2 aromatic heterocycles. The summed E-state index contributed by atoms with van der Waals surface area (Å²) in [5.74, 6) is -0.959. The van der Waals surface area contributed by atoms with E-state index >= 15 is 0 Å². The molecular formula is C17H15F2N5O5. The smallest absolute Gasteiger partial charge is 0.389 e. The number of aryl methyl sites for hydroxylation is 2. The van der Waals surface area contributed by atoms with Crippen molar-refractivity contribution in [2.45, 2.75) is 27.0 Å². The van der Waals surface area contributed by atoms with Crippen molar-refractivity contribution in [3.8, 4) is 5.75 Å². The maximum Gasteiger partial charge on any atom is 0.389 e. The van der Waals surface area contributed by atoms with Crippen LogP contribution in [0, 0.1) is 24.0 Å². The van der Waals surface area contributed by atoms with E-state index in [1.54, 1.807) is 19.9 Å². The molecule has 0 aliphatic heterocycles. The normalized spacial score (nSPS) is 10.9. The van der Waals surface area contributed by atoms with Gasteiger partial charge in [0.25, 0.3) is 5.91 Å². The number of carbonyl (C=O) groups is 1. The summed E-state index contributed by atoms with van der Waals surface area (Å²) >= 11 is 0. The summed E-state index contributed by atoms with van der Waals surface area (Å²) in [4.78, 5) is 22.8. The van der Waals surface area contributed by atoms with Crippen molar-refractivity contribution in [3.05, 3.63) is 63.2 Å². The van der Waals surface area contributed by atoms with Gasteiger partial charge in [-0.25, -0.2) is 0 Å². The Bertz CT molecular complexity index is 1060. The lowest BCUT2D eigenvalue weighted by molar-refractivity contribution is -0.389. The maximum atomic E-state index is 12.7. The third-order valence-electron chi connectivity index (χ3n) is 3.93. The largest absolute Gasteiger partial charge is 0.433 e. The molecule has 10 nitrogen and oxygen atoms in total. The third kappa shape index (κ3) is 4.54. The van der Waals surface area contributed by atoms with Gasteiger partial charge in [-0.05, 0) is 36.5 Å². The number of ether oxygens (including phenoxy) is 1. The zero-order valence-electron chi connectivity index (χ0n) is 15.3. The lowest BCUT2D eigenvalue weighted by Crippen LogP contribution is -2.17. The van der Waals surface area contributed by atoms with Gasteiger partial charge in [-0.1, -0.05) is 11.2 Å². The highest BCUT2D eigenvalue weighted by molar-refractivity contribution is 6.04. The highest BCUT2D eigenvalue weighted by Gasteiger charge is 2.23. The van der Waals surface area contributed by atoms with E-state index in [-0.39, 0.29) is 29.5 Å². The van der Waals surface area contributed by atoms with Crippen LogP contribution in [0.5, 0.6) is 5.75 Å². The van der Waals surface area contributed by atoms with E-state index in [1.807, 2.05) is 0 Å². The molecule has 0 aliphatic carbocycles. The van der Waals surface area contributed by atoms with Gasteiger partial charge in [0.1, 0.15) is 11.5 Å². The molecule has 3 aromatic rings. The number of benzene rings is 1. The molecular weight excluding hydrogens is 392 g/mol. The molecule has 0 spiro atoms. The Morgan fingerprint density at radius 3 is 2.79 bits per heavy atom. The van der Waals surface area contributed by atoms with Crippen molar-refractivity contribution < 1.29 is 27.8 Å². The van der Waals surface area contributed by atoms with Crippen molar-refractivity contribution in [1.29, 1.82) is 0 Å². The minimum absolute atomic E-state index is 0.0137. The zero-order chi connectivity index (χ0) is 21.1. The zero-order valence-corrected chi connectivity index (χ0v) is 15.3. The molecule has 0 atom stereocenters. The molecule has 29 heavy (non-hydrogen) atoms. The van der Waals surface area contributed by atoms with Crippen molar-refractivity contribution in [2.24, 2.45) is 0 Å². The molecule has 152 valence electrons. The predicted molar refractivity (Wildman–Crippen MR) is 95.0 cm³/mol. The van der Waals surface area contributed by atoms with Gasteiger partial charge in [0.05, 0.1) is 35.2 Å². The number of nitro groups is 1. The fourth-order valence-corrected chi connectivity index (χ4v) is 2.56. The highest BCUT2D eigenvalue weighted by Crippen LogP contribution is 2.28. The van der Waals surface area contributed by atoms with Gasteiger partial charge < -0.3 is 24.7 Å². The first-order valence-electron chi connectivity index (χ1n) is 8.24. The Morgan fingerprint density at radius 2 is 2.14 bits per heavy atom. The fraction of sp³-hybridized carbons (Fsp3) is 0.235. The highest BCUT2D eigenvalue weighted by atomic mass is 19.3. The molecule has 3 rings (SSSR count). The lowest BCUT2D eigenvalue weighted by atomic mass is 10.1. The SMILES string of the molecule is Cc1ccc(NC(=O)c2noc(C)c2Cn2ccc([N+](=O)[O-])n2)c(OC(F)F)c1. The Labute approximate surface area is 162 Å². The summed E-state index contributed by atoms with van der Waals surface area (Å²) in [7, 11) is 0. The Kier molecular flexibility index (Phi) is 5.52. The number of amides is 1. The van der Waals surface area contributed by atoms with Gasteiger partial charge in [-0.3, -0.25) is 4.79 Å². The number of nitrogens with one attached hydrogen (secondary N) is 1. The van der Waals surface area contributed by atoms with E-state index in [0.717, 1.165) is 0 Å². The standard InChI is InChI=1S/C17H15F2N5O5/c1-9-3-4-12(13(7-9)28-17(18)19)20-16(25)15-11(10(2)29-22-15)8-23-6-5-14(21-23)24(26)27/h3-7,17H,8H2,1-2H3,(H,20,25). The summed E-state index contributed by atoms with van der Waals surface area (Å²) in [6.45, 7) is 0.175. The molecule has 0 unspecified atom stereocenters. The minimum Gasteiger partial charge on any atom is -0.433 e. The number of nitrogens with zero attached hydrogens (tertiary/aromatic N) is 4. The molecule has 1 aromatic carbocycles. The number of hydrogen-bond acceptors (Lipinski definition) is 7. The maximum absolute atomic E-state index is 12.7. The van der Waals surface area contributed by atoms with Crippen molar-refractivity contribution in [1.82, 2.24) is 14.9 Å². The van der Waals surface area contributed by atoms with Crippen LogP contribution in [0.1, 0.15) is 27.4 Å². The summed E-state index contributed by atoms with van der Waals surface area (Å²) in [6.07, 6.45) is 1.38. The summed E-state index contributed by atoms with van der Waals surface area (Å²) < 4.78 is 36.0. The van der Waals surface area contributed by atoms with E-state index < -0.39 is 17.4 Å². The fourth-order valence-electron chi connectivity index (χ4n) is 2.56. The van der Waals surface area contributed by atoms with E-state index in [1.165, 1.54) is 29.1 Å². The van der Waals surface area contributed by atoms with Gasteiger partial charge in [-0.15, -0.1) is 0 Å². The van der Waals surface area contributed by atoms with E-state index in [2.05, 4.69) is 20.3 Å². The number of anilines is 1. The van der Waals surface area contributed by atoms with Crippen LogP contribution in [-0.2, 0) is 6.54 Å². The number of alkyl halides is 2. The van der Waals surface area contributed by atoms with Gasteiger partial charge in [0, 0.05) is 0 Å². The second-order valence-electron chi connectivity index (χ2n) is 6.03. The molecule has 0 saturated carbocycles. The van der Waals surface area contributed by atoms with E-state index in [0.29, 0.717) is 16.9 Å². The lowest BCUT2D eigenvalue weighted by Gasteiger charge is -2.12. The molecule has 0 radical (unpaired) electrons. The van der Waals surface area contributed by atoms with Crippen LogP contribution >= 0.6 is 0 Å². The number of rotatable bonds is 7. The molecule has 0 saturated heterocycles. The molecule has 0 fully saturated rings. The Hall–Kier alpha value is -3.83. The average molecular weight is 407 g/mol. The van der Waals surface area contributed by atoms with Gasteiger partial charge in [0.2, 0.25) is 0 Å². The van der Waals surface area contributed by atoms with Crippen LogP contribution in [0.2, 0.25) is 0 Å². The van der Waals surface area contributed by atoms with Crippen molar-refractivity contribution >= 4 is 17.4 Å². The van der Waals surface area contributed by atoms with E-state index in [4.69, 9.17) is 4.52 Å². The van der Waals surface area contributed by atoms with Crippen molar-refractivity contribution in [2.75, 3.05) is 5.32 Å². The van der Waals surface area contributed by atoms with Crippen LogP contribution < -0.4 is 10.1 Å². The predicted octanol–water partition coefficient (Wildman–Crippen LogP) is 3.30. The Morgan fingerprint density at radius 1 is 1.38 bits per heavy atom. The molecule has 1 amide bonds. The first-order chi connectivity index (χ1) is 13.7. The number of aromatic nitrogens is 3. The summed E-state index contributed by atoms with van der Waals surface area (Å²) in [5, 5.41) is 20.7. The van der Waals surface area contributed by atoms with Crippen molar-refractivity contribution in [3.63, 3.8) is 0 Å². The topological polar surface area (TPSA) is 125 Å². The van der Waals surface area contributed by atoms with Crippen LogP contribution in [0.3, 0.4) is 0 Å². The van der Waals surface area contributed by atoms with Crippen LogP contribution in [0.4, 0.5) is 20.3 Å². The van der Waals surface area contributed by atoms with Gasteiger partial charge >= 0.3 is 12.4 Å².